The number of halogens is 1. The van der Waals surface area contributed by atoms with Crippen LogP contribution < -0.4 is 0 Å². The maximum absolute atomic E-state index is 14.8. The quantitative estimate of drug-likeness (QED) is 0.450. The van der Waals surface area contributed by atoms with E-state index in [0.29, 0.717) is 11.6 Å². The van der Waals surface area contributed by atoms with Gasteiger partial charge in [0.2, 0.25) is 0 Å². The zero-order chi connectivity index (χ0) is 21.4. The molecule has 0 spiro atoms. The van der Waals surface area contributed by atoms with Crippen molar-refractivity contribution in [3.8, 4) is 6.07 Å². The standard InChI is InChI=1S/C27H35FN2/c1-22(2)30(20-17-23-11-4-3-5-12-23)19-10-18-27(21-29,24-13-6-7-14-24)25-15-8-9-16-26(25)28/h3-5,8-9,11-12,15-16,22,24H,6-7,10,13-14,17-20H2,1-2H3. The van der Waals surface area contributed by atoms with Gasteiger partial charge >= 0.3 is 0 Å². The first-order valence-corrected chi connectivity index (χ1v) is 11.5. The van der Waals surface area contributed by atoms with E-state index in [1.54, 1.807) is 6.07 Å². The van der Waals surface area contributed by atoms with Gasteiger partial charge < -0.3 is 4.90 Å². The fourth-order valence-electron chi connectivity index (χ4n) is 5.11. The topological polar surface area (TPSA) is 27.0 Å². The minimum absolute atomic E-state index is 0.226. The van der Waals surface area contributed by atoms with E-state index in [0.717, 1.165) is 58.0 Å². The average molecular weight is 407 g/mol. The van der Waals surface area contributed by atoms with Gasteiger partial charge in [0.25, 0.3) is 0 Å². The molecule has 1 aliphatic carbocycles. The number of benzene rings is 2. The van der Waals surface area contributed by atoms with E-state index in [2.05, 4.69) is 55.1 Å². The zero-order valence-electron chi connectivity index (χ0n) is 18.5. The Morgan fingerprint density at radius 2 is 1.70 bits per heavy atom. The molecule has 30 heavy (non-hydrogen) atoms. The maximum atomic E-state index is 14.8. The maximum Gasteiger partial charge on any atom is 0.128 e. The molecule has 0 radical (unpaired) electrons. The molecule has 1 atom stereocenters. The van der Waals surface area contributed by atoms with Crippen LogP contribution in [-0.4, -0.2) is 24.0 Å². The Bertz CT molecular complexity index is 820. The van der Waals surface area contributed by atoms with Crippen LogP contribution in [-0.2, 0) is 11.8 Å². The third-order valence-electron chi connectivity index (χ3n) is 6.88. The van der Waals surface area contributed by atoms with Crippen LogP contribution in [0.25, 0.3) is 0 Å². The van der Waals surface area contributed by atoms with E-state index in [4.69, 9.17) is 0 Å². The highest BCUT2D eigenvalue weighted by atomic mass is 19.1. The Morgan fingerprint density at radius 3 is 2.33 bits per heavy atom. The summed E-state index contributed by atoms with van der Waals surface area (Å²) >= 11 is 0. The summed E-state index contributed by atoms with van der Waals surface area (Å²) in [6.07, 6.45) is 7.02. The molecule has 0 N–H and O–H groups in total. The van der Waals surface area contributed by atoms with Gasteiger partial charge in [-0.25, -0.2) is 4.39 Å². The minimum Gasteiger partial charge on any atom is -0.301 e. The summed E-state index contributed by atoms with van der Waals surface area (Å²) in [6, 6.07) is 20.6. The Labute approximate surface area is 181 Å². The molecule has 0 heterocycles. The van der Waals surface area contributed by atoms with Crippen LogP contribution in [0.15, 0.2) is 54.6 Å². The highest BCUT2D eigenvalue weighted by Gasteiger charge is 2.43. The number of hydrogen-bond acceptors (Lipinski definition) is 2. The summed E-state index contributed by atoms with van der Waals surface area (Å²) in [5.41, 5.74) is 1.26. The van der Waals surface area contributed by atoms with E-state index in [9.17, 15) is 9.65 Å². The zero-order valence-corrected chi connectivity index (χ0v) is 18.5. The van der Waals surface area contributed by atoms with Crippen molar-refractivity contribution in [1.82, 2.24) is 4.90 Å². The van der Waals surface area contributed by atoms with Crippen LogP contribution in [0.2, 0.25) is 0 Å². The summed E-state index contributed by atoms with van der Waals surface area (Å²) in [5, 5.41) is 10.3. The van der Waals surface area contributed by atoms with E-state index < -0.39 is 5.41 Å². The molecule has 1 saturated carbocycles. The fraction of sp³-hybridized carbons (Fsp3) is 0.519. The van der Waals surface area contributed by atoms with Gasteiger partial charge in [0.05, 0.1) is 11.5 Å². The Balaban J connectivity index is 1.70. The average Bonchev–Trinajstić information content (AvgIpc) is 3.30. The third kappa shape index (κ3) is 5.29. The Hall–Kier alpha value is -2.18. The molecular formula is C27H35FN2. The molecule has 1 unspecified atom stereocenters. The molecular weight excluding hydrogens is 371 g/mol. The lowest BCUT2D eigenvalue weighted by molar-refractivity contribution is 0.206. The molecule has 3 heteroatoms. The molecule has 2 nitrogen and oxygen atoms in total. The number of rotatable bonds is 10. The SMILES string of the molecule is CC(C)N(CCCC(C#N)(c1ccccc1F)C1CCCC1)CCc1ccccc1. The molecule has 0 amide bonds. The van der Waals surface area contributed by atoms with Gasteiger partial charge in [-0.05, 0) is 70.0 Å². The molecule has 1 aliphatic rings. The van der Waals surface area contributed by atoms with E-state index >= 15 is 0 Å². The number of hydrogen-bond donors (Lipinski definition) is 0. The van der Waals surface area contributed by atoms with E-state index in [-0.39, 0.29) is 11.7 Å². The van der Waals surface area contributed by atoms with Crippen LogP contribution in [0.1, 0.15) is 63.5 Å². The van der Waals surface area contributed by atoms with Crippen LogP contribution in [0.3, 0.4) is 0 Å². The molecule has 0 saturated heterocycles. The summed E-state index contributed by atoms with van der Waals surface area (Å²) in [7, 11) is 0. The van der Waals surface area contributed by atoms with Crippen molar-refractivity contribution in [2.24, 2.45) is 5.92 Å². The summed E-state index contributed by atoms with van der Waals surface area (Å²) in [6.45, 7) is 6.41. The van der Waals surface area contributed by atoms with Crippen LogP contribution in [0.5, 0.6) is 0 Å². The molecule has 1 fully saturated rings. The van der Waals surface area contributed by atoms with Crippen molar-refractivity contribution in [3.05, 3.63) is 71.5 Å². The molecule has 3 rings (SSSR count). The first kappa shape index (κ1) is 22.5. The Kier molecular flexibility index (Phi) is 8.05. The molecule has 0 aliphatic heterocycles. The third-order valence-corrected chi connectivity index (χ3v) is 6.88. The predicted molar refractivity (Wildman–Crippen MR) is 122 cm³/mol. The van der Waals surface area contributed by atoms with Crippen molar-refractivity contribution in [2.45, 2.75) is 70.3 Å². The lowest BCUT2D eigenvalue weighted by Crippen LogP contribution is -2.37. The van der Waals surface area contributed by atoms with Crippen molar-refractivity contribution in [1.29, 1.82) is 5.26 Å². The van der Waals surface area contributed by atoms with Gasteiger partial charge in [0.15, 0.2) is 0 Å². The summed E-state index contributed by atoms with van der Waals surface area (Å²) < 4.78 is 14.8. The molecule has 2 aromatic rings. The van der Waals surface area contributed by atoms with Gasteiger partial charge in [-0.1, -0.05) is 61.4 Å². The predicted octanol–water partition coefficient (Wildman–Crippen LogP) is 6.51. The first-order valence-electron chi connectivity index (χ1n) is 11.5. The van der Waals surface area contributed by atoms with Crippen molar-refractivity contribution >= 4 is 0 Å². The second-order valence-corrected chi connectivity index (χ2v) is 9.01. The molecule has 160 valence electrons. The molecule has 0 bridgehead atoms. The second-order valence-electron chi connectivity index (χ2n) is 9.01. The normalized spacial score (nSPS) is 16.7. The molecule has 0 aromatic heterocycles. The molecule has 2 aromatic carbocycles. The monoisotopic (exact) mass is 406 g/mol. The van der Waals surface area contributed by atoms with Crippen molar-refractivity contribution in [3.63, 3.8) is 0 Å². The van der Waals surface area contributed by atoms with Crippen molar-refractivity contribution < 1.29 is 4.39 Å². The highest BCUT2D eigenvalue weighted by molar-refractivity contribution is 5.35. The van der Waals surface area contributed by atoms with Gasteiger partial charge in [-0.15, -0.1) is 0 Å². The second kappa shape index (κ2) is 10.7. The van der Waals surface area contributed by atoms with Crippen LogP contribution in [0.4, 0.5) is 4.39 Å². The summed E-state index contributed by atoms with van der Waals surface area (Å²) in [5.74, 6) is 0.0342. The van der Waals surface area contributed by atoms with Gasteiger partial charge in [-0.3, -0.25) is 0 Å². The van der Waals surface area contributed by atoms with E-state index in [1.165, 1.54) is 11.6 Å². The van der Waals surface area contributed by atoms with Crippen molar-refractivity contribution in [2.75, 3.05) is 13.1 Å². The van der Waals surface area contributed by atoms with Gasteiger partial charge in [-0.2, -0.15) is 5.26 Å². The number of nitriles is 1. The fourth-order valence-corrected chi connectivity index (χ4v) is 5.11. The lowest BCUT2D eigenvalue weighted by Gasteiger charge is -2.35. The minimum atomic E-state index is -0.704. The summed E-state index contributed by atoms with van der Waals surface area (Å²) in [4.78, 5) is 2.49. The van der Waals surface area contributed by atoms with Crippen LogP contribution in [0, 0.1) is 23.1 Å². The number of nitrogens with zero attached hydrogens (tertiary/aromatic N) is 2. The van der Waals surface area contributed by atoms with E-state index in [1.807, 2.05) is 12.1 Å². The largest absolute Gasteiger partial charge is 0.301 e. The van der Waals surface area contributed by atoms with Gasteiger partial charge in [0.1, 0.15) is 5.82 Å². The highest BCUT2D eigenvalue weighted by Crippen LogP contribution is 2.45. The smallest absolute Gasteiger partial charge is 0.128 e. The van der Waals surface area contributed by atoms with Crippen LogP contribution >= 0.6 is 0 Å². The Morgan fingerprint density at radius 1 is 1.03 bits per heavy atom. The first-order chi connectivity index (χ1) is 14.6. The van der Waals surface area contributed by atoms with Gasteiger partial charge in [0, 0.05) is 18.2 Å². The lowest BCUT2D eigenvalue weighted by atomic mass is 9.67.